The molecule has 2 N–H and O–H groups in total. The van der Waals surface area contributed by atoms with Crippen LogP contribution in [0.5, 0.6) is 0 Å². The Labute approximate surface area is 116 Å². The number of hydrogen-bond acceptors (Lipinski definition) is 4. The number of hydrogen-bond donors (Lipinski definition) is 2. The number of rotatable bonds is 5. The number of benzene rings is 1. The lowest BCUT2D eigenvalue weighted by Crippen LogP contribution is -2.12. The first-order valence-corrected chi connectivity index (χ1v) is 7.80. The van der Waals surface area contributed by atoms with Crippen LogP contribution in [0.15, 0.2) is 41.2 Å². The smallest absolute Gasteiger partial charge is 0.229 e. The average Bonchev–Trinajstić information content (AvgIpc) is 2.85. The third kappa shape index (κ3) is 3.74. The highest BCUT2D eigenvalue weighted by Gasteiger charge is 2.11. The Kier molecular flexibility index (Phi) is 3.99. The highest BCUT2D eigenvalue weighted by Crippen LogP contribution is 2.24. The summed E-state index contributed by atoms with van der Waals surface area (Å²) in [7, 11) is -3.52. The van der Waals surface area contributed by atoms with E-state index in [1.54, 1.807) is 18.6 Å². The first-order chi connectivity index (χ1) is 9.35. The highest BCUT2D eigenvalue weighted by atomic mass is 32.2. The molecule has 0 spiro atoms. The second-order valence-electron chi connectivity index (χ2n) is 4.49. The van der Waals surface area contributed by atoms with Gasteiger partial charge in [0.2, 0.25) is 10.0 Å². The van der Waals surface area contributed by atoms with Crippen molar-refractivity contribution in [2.24, 2.45) is 0 Å². The minimum atomic E-state index is -3.52. The lowest BCUT2D eigenvalue weighted by atomic mass is 10.1. The summed E-state index contributed by atoms with van der Waals surface area (Å²) in [6.07, 6.45) is 4.15. The van der Waals surface area contributed by atoms with Crippen LogP contribution in [0.4, 0.5) is 15.8 Å². The maximum absolute atomic E-state index is 13.5. The van der Waals surface area contributed by atoms with Crippen molar-refractivity contribution in [2.45, 2.75) is 13.0 Å². The predicted molar refractivity (Wildman–Crippen MR) is 75.6 cm³/mol. The molecule has 0 fully saturated rings. The van der Waals surface area contributed by atoms with Gasteiger partial charge in [0.15, 0.2) is 0 Å². The third-order valence-electron chi connectivity index (χ3n) is 2.69. The van der Waals surface area contributed by atoms with Gasteiger partial charge in [0.1, 0.15) is 5.82 Å². The molecular weight excluding hydrogens is 283 g/mol. The van der Waals surface area contributed by atoms with E-state index in [0.29, 0.717) is 5.69 Å². The van der Waals surface area contributed by atoms with E-state index in [1.807, 2.05) is 13.0 Å². The lowest BCUT2D eigenvalue weighted by Gasteiger charge is -2.15. The minimum Gasteiger partial charge on any atom is -0.472 e. The topological polar surface area (TPSA) is 71.3 Å². The van der Waals surface area contributed by atoms with Crippen molar-refractivity contribution in [3.63, 3.8) is 0 Å². The minimum absolute atomic E-state index is 0.0507. The van der Waals surface area contributed by atoms with Crippen molar-refractivity contribution in [3.8, 4) is 0 Å². The van der Waals surface area contributed by atoms with Crippen molar-refractivity contribution in [1.29, 1.82) is 0 Å². The quantitative estimate of drug-likeness (QED) is 0.890. The van der Waals surface area contributed by atoms with Crippen LogP contribution >= 0.6 is 0 Å². The van der Waals surface area contributed by atoms with Gasteiger partial charge in [-0.05, 0) is 31.2 Å². The summed E-state index contributed by atoms with van der Waals surface area (Å²) in [6.45, 7) is 1.91. The van der Waals surface area contributed by atoms with E-state index in [2.05, 4.69) is 10.0 Å². The summed E-state index contributed by atoms with van der Waals surface area (Å²) < 4.78 is 43.0. The molecule has 0 aliphatic carbocycles. The summed E-state index contributed by atoms with van der Waals surface area (Å²) >= 11 is 0. The summed E-state index contributed by atoms with van der Waals surface area (Å²) in [5, 5.41) is 3.14. The summed E-state index contributed by atoms with van der Waals surface area (Å²) in [5.74, 6) is -0.628. The first kappa shape index (κ1) is 14.4. The van der Waals surface area contributed by atoms with Gasteiger partial charge in [-0.25, -0.2) is 12.8 Å². The zero-order valence-electron chi connectivity index (χ0n) is 11.1. The number of anilines is 2. The van der Waals surface area contributed by atoms with Crippen molar-refractivity contribution in [1.82, 2.24) is 0 Å². The Morgan fingerprint density at radius 2 is 2.05 bits per heavy atom. The standard InChI is InChI=1S/C13H15FN2O3S/c1-9(10-5-6-19-8-10)15-11-3-4-12(14)13(7-11)16-20(2,17)18/h3-9,15-16H,1-2H3. The fraction of sp³-hybridized carbons (Fsp3) is 0.231. The molecule has 108 valence electrons. The third-order valence-corrected chi connectivity index (χ3v) is 3.28. The molecule has 7 heteroatoms. The molecule has 0 saturated heterocycles. The predicted octanol–water partition coefficient (Wildman–Crippen LogP) is 2.96. The zero-order valence-corrected chi connectivity index (χ0v) is 11.9. The molecule has 0 saturated carbocycles. The van der Waals surface area contributed by atoms with Gasteiger partial charge in [0.25, 0.3) is 0 Å². The average molecular weight is 298 g/mol. The molecule has 20 heavy (non-hydrogen) atoms. The molecule has 0 aliphatic rings. The molecule has 1 unspecified atom stereocenters. The van der Waals surface area contributed by atoms with Gasteiger partial charge in [-0.1, -0.05) is 0 Å². The molecule has 2 rings (SSSR count). The first-order valence-electron chi connectivity index (χ1n) is 5.91. The SMILES string of the molecule is CC(Nc1ccc(F)c(NS(C)(=O)=O)c1)c1ccoc1. The fourth-order valence-corrected chi connectivity index (χ4v) is 2.30. The number of furan rings is 1. The monoisotopic (exact) mass is 298 g/mol. The van der Waals surface area contributed by atoms with E-state index in [1.165, 1.54) is 12.1 Å². The maximum atomic E-state index is 13.5. The largest absolute Gasteiger partial charge is 0.472 e. The molecular formula is C13H15FN2O3S. The molecule has 5 nitrogen and oxygen atoms in total. The van der Waals surface area contributed by atoms with Crippen LogP contribution in [0.3, 0.4) is 0 Å². The Hall–Kier alpha value is -2.02. The number of nitrogens with one attached hydrogen (secondary N) is 2. The molecule has 1 atom stereocenters. The van der Waals surface area contributed by atoms with Gasteiger partial charge in [0.05, 0.1) is 30.5 Å². The van der Waals surface area contributed by atoms with Gasteiger partial charge >= 0.3 is 0 Å². The Morgan fingerprint density at radius 3 is 2.65 bits per heavy atom. The van der Waals surface area contributed by atoms with Crippen LogP contribution in [0.1, 0.15) is 18.5 Å². The molecule has 1 heterocycles. The van der Waals surface area contributed by atoms with Crippen LogP contribution in [-0.4, -0.2) is 14.7 Å². The van der Waals surface area contributed by atoms with Crippen molar-refractivity contribution in [2.75, 3.05) is 16.3 Å². The van der Waals surface area contributed by atoms with Crippen molar-refractivity contribution >= 4 is 21.4 Å². The number of sulfonamides is 1. The van der Waals surface area contributed by atoms with Crippen LogP contribution < -0.4 is 10.0 Å². The molecule has 0 aliphatic heterocycles. The van der Waals surface area contributed by atoms with Gasteiger partial charge < -0.3 is 9.73 Å². The van der Waals surface area contributed by atoms with Crippen LogP contribution in [-0.2, 0) is 10.0 Å². The summed E-state index contributed by atoms with van der Waals surface area (Å²) in [4.78, 5) is 0. The second kappa shape index (κ2) is 5.54. The fourth-order valence-electron chi connectivity index (χ4n) is 1.75. The molecule has 0 bridgehead atoms. The highest BCUT2D eigenvalue weighted by molar-refractivity contribution is 7.92. The number of halogens is 1. The van der Waals surface area contributed by atoms with Gasteiger partial charge in [-0.3, -0.25) is 4.72 Å². The van der Waals surface area contributed by atoms with Crippen LogP contribution in [0.25, 0.3) is 0 Å². The van der Waals surface area contributed by atoms with Crippen LogP contribution in [0, 0.1) is 5.82 Å². The molecule has 1 aromatic carbocycles. The zero-order chi connectivity index (χ0) is 14.8. The molecule has 0 amide bonds. The molecule has 2 aromatic rings. The van der Waals surface area contributed by atoms with E-state index < -0.39 is 15.8 Å². The Balaban J connectivity index is 2.19. The Morgan fingerprint density at radius 1 is 1.30 bits per heavy atom. The molecule has 1 aromatic heterocycles. The lowest BCUT2D eigenvalue weighted by molar-refractivity contribution is 0.562. The summed E-state index contributed by atoms with van der Waals surface area (Å²) in [6, 6.07) is 5.92. The maximum Gasteiger partial charge on any atom is 0.229 e. The Bertz CT molecular complexity index is 684. The second-order valence-corrected chi connectivity index (χ2v) is 6.24. The van der Waals surface area contributed by atoms with E-state index in [0.717, 1.165) is 11.8 Å². The van der Waals surface area contributed by atoms with E-state index in [4.69, 9.17) is 4.42 Å². The van der Waals surface area contributed by atoms with E-state index >= 15 is 0 Å². The van der Waals surface area contributed by atoms with Crippen LogP contribution in [0.2, 0.25) is 0 Å². The van der Waals surface area contributed by atoms with Gasteiger partial charge in [-0.2, -0.15) is 0 Å². The van der Waals surface area contributed by atoms with E-state index in [-0.39, 0.29) is 11.7 Å². The van der Waals surface area contributed by atoms with Gasteiger partial charge in [-0.15, -0.1) is 0 Å². The normalized spacial score (nSPS) is 12.9. The van der Waals surface area contributed by atoms with Crippen molar-refractivity contribution in [3.05, 3.63) is 48.2 Å². The van der Waals surface area contributed by atoms with E-state index in [9.17, 15) is 12.8 Å². The summed E-state index contributed by atoms with van der Waals surface area (Å²) in [5.41, 5.74) is 1.45. The van der Waals surface area contributed by atoms with Crippen molar-refractivity contribution < 1.29 is 17.2 Å². The van der Waals surface area contributed by atoms with Gasteiger partial charge in [0, 0.05) is 11.3 Å². The molecule has 0 radical (unpaired) electrons.